The normalized spacial score (nSPS) is 11.6. The number of aromatic nitrogens is 1. The number of H-pyrrole nitrogens is 1. The highest BCUT2D eigenvalue weighted by atomic mass is 16.6. The van der Waals surface area contributed by atoms with Crippen LogP contribution < -0.4 is 4.74 Å². The third-order valence-electron chi connectivity index (χ3n) is 8.91. The number of rotatable bonds is 18. The highest BCUT2D eigenvalue weighted by Gasteiger charge is 2.29. The van der Waals surface area contributed by atoms with Crippen LogP contribution in [0.15, 0.2) is 42.5 Å². The predicted octanol–water partition coefficient (Wildman–Crippen LogP) is 11.3. The molecule has 0 saturated carbocycles. The number of benzene rings is 3. The summed E-state index contributed by atoms with van der Waals surface area (Å²) >= 11 is 0. The van der Waals surface area contributed by atoms with Crippen molar-refractivity contribution in [1.29, 1.82) is 0 Å². The van der Waals surface area contributed by atoms with Crippen LogP contribution in [0, 0.1) is 0 Å². The molecule has 0 atom stereocenters. The molecule has 0 spiro atoms. The summed E-state index contributed by atoms with van der Waals surface area (Å²) in [6.07, 6.45) is 17.6. The van der Waals surface area contributed by atoms with Crippen LogP contribution in [-0.2, 0) is 19.3 Å². The second kappa shape index (κ2) is 17.0. The molecule has 0 saturated heterocycles. The number of carbonyl (C=O) groups is 2. The van der Waals surface area contributed by atoms with Crippen LogP contribution in [0.3, 0.4) is 0 Å². The largest absolute Gasteiger partial charge is 0.478 e. The monoisotopic (exact) mass is 613 g/mol. The minimum Gasteiger partial charge on any atom is -0.478 e. The lowest BCUT2D eigenvalue weighted by Crippen LogP contribution is -2.14. The number of unbranched alkanes of at least 4 members (excludes halogenated alkanes) is 10. The van der Waals surface area contributed by atoms with Crippen molar-refractivity contribution in [2.45, 2.75) is 124 Å². The quantitative estimate of drug-likeness (QED) is 0.0674. The Bertz CT molecular complexity index is 1580. The Morgan fingerprint density at radius 1 is 0.644 bits per heavy atom. The summed E-state index contributed by atoms with van der Waals surface area (Å²) in [4.78, 5) is 26.8. The SMILES string of the molecule is CCCCCCCCc1ccc(C(=O)O)c(C(=O)O)c1CCCCCCCC.CCCc1cc2c([nH]c3ccccc32)c2c1O2. The molecule has 45 heavy (non-hydrogen) atoms. The molecule has 6 nitrogen and oxygen atoms in total. The Balaban J connectivity index is 0.000000227. The fourth-order valence-corrected chi connectivity index (χ4v) is 6.45. The van der Waals surface area contributed by atoms with Gasteiger partial charge in [0.1, 0.15) is 0 Å². The van der Waals surface area contributed by atoms with Crippen molar-refractivity contribution >= 4 is 33.7 Å². The van der Waals surface area contributed by atoms with E-state index in [1.54, 1.807) is 0 Å². The lowest BCUT2D eigenvalue weighted by molar-refractivity contribution is 0.0650. The van der Waals surface area contributed by atoms with Gasteiger partial charge in [0.25, 0.3) is 0 Å². The maximum absolute atomic E-state index is 11.9. The molecule has 5 rings (SSSR count). The second-order valence-corrected chi connectivity index (χ2v) is 12.4. The number of hydrogen-bond donors (Lipinski definition) is 3. The predicted molar refractivity (Wildman–Crippen MR) is 184 cm³/mol. The molecule has 0 unspecified atom stereocenters. The van der Waals surface area contributed by atoms with Gasteiger partial charge in [-0.05, 0) is 67.0 Å². The molecule has 6 heteroatoms. The van der Waals surface area contributed by atoms with E-state index < -0.39 is 11.9 Å². The smallest absolute Gasteiger partial charge is 0.336 e. The van der Waals surface area contributed by atoms with Gasteiger partial charge in [0, 0.05) is 16.3 Å². The molecule has 0 bridgehead atoms. The lowest BCUT2D eigenvalue weighted by Gasteiger charge is -2.15. The molecule has 1 aliphatic heterocycles. The van der Waals surface area contributed by atoms with E-state index >= 15 is 0 Å². The molecule has 242 valence electrons. The van der Waals surface area contributed by atoms with Gasteiger partial charge in [-0.2, -0.15) is 0 Å². The Morgan fingerprint density at radius 3 is 1.93 bits per heavy atom. The molecule has 3 aromatic carbocycles. The van der Waals surface area contributed by atoms with Crippen molar-refractivity contribution in [3.05, 3.63) is 70.3 Å². The van der Waals surface area contributed by atoms with Crippen LogP contribution in [0.25, 0.3) is 21.8 Å². The molecular formula is C39H51NO5. The van der Waals surface area contributed by atoms with Crippen molar-refractivity contribution in [2.75, 3.05) is 0 Å². The van der Waals surface area contributed by atoms with E-state index in [2.05, 4.69) is 56.1 Å². The number of hydrogen-bond acceptors (Lipinski definition) is 3. The van der Waals surface area contributed by atoms with Crippen molar-refractivity contribution in [3.63, 3.8) is 0 Å². The summed E-state index contributed by atoms with van der Waals surface area (Å²) in [5.74, 6) is -0.121. The van der Waals surface area contributed by atoms with Gasteiger partial charge in [-0.25, -0.2) is 9.59 Å². The number of ether oxygens (including phenoxy) is 1. The zero-order valence-electron chi connectivity index (χ0n) is 27.5. The van der Waals surface area contributed by atoms with Gasteiger partial charge in [0.05, 0.1) is 16.6 Å². The summed E-state index contributed by atoms with van der Waals surface area (Å²) in [6, 6.07) is 14.0. The first kappa shape index (κ1) is 34.1. The number of fused-ring (bicyclic) bond motifs is 5. The molecule has 0 aliphatic carbocycles. The molecular weight excluding hydrogens is 562 g/mol. The van der Waals surface area contributed by atoms with E-state index in [1.165, 1.54) is 72.9 Å². The third-order valence-corrected chi connectivity index (χ3v) is 8.91. The number of aromatic amines is 1. The minimum absolute atomic E-state index is 0.00420. The van der Waals surface area contributed by atoms with Crippen LogP contribution in [0.4, 0.5) is 0 Å². The van der Waals surface area contributed by atoms with Gasteiger partial charge in [0.15, 0.2) is 11.5 Å². The molecule has 1 aromatic heterocycles. The number of carboxylic acid groups (broad SMARTS) is 2. The maximum atomic E-state index is 11.9. The first-order valence-corrected chi connectivity index (χ1v) is 17.3. The number of aromatic carboxylic acids is 2. The van der Waals surface area contributed by atoms with E-state index in [0.717, 1.165) is 79.5 Å². The summed E-state index contributed by atoms with van der Waals surface area (Å²) in [6.45, 7) is 6.59. The van der Waals surface area contributed by atoms with Crippen molar-refractivity contribution < 1.29 is 24.5 Å². The van der Waals surface area contributed by atoms with Crippen molar-refractivity contribution in [1.82, 2.24) is 4.98 Å². The Kier molecular flexibility index (Phi) is 12.9. The molecule has 0 fully saturated rings. The number of carboxylic acids is 2. The average Bonchev–Trinajstić information content (AvgIpc) is 3.76. The zero-order chi connectivity index (χ0) is 32.2. The van der Waals surface area contributed by atoms with E-state index in [9.17, 15) is 19.8 Å². The number of para-hydroxylation sites is 1. The van der Waals surface area contributed by atoms with Crippen LogP contribution in [0.1, 0.15) is 142 Å². The van der Waals surface area contributed by atoms with Gasteiger partial charge < -0.3 is 19.9 Å². The van der Waals surface area contributed by atoms with Gasteiger partial charge >= 0.3 is 11.9 Å². The molecule has 0 radical (unpaired) electrons. The van der Waals surface area contributed by atoms with Gasteiger partial charge in [-0.1, -0.05) is 116 Å². The lowest BCUT2D eigenvalue weighted by atomic mass is 9.89. The summed E-state index contributed by atoms with van der Waals surface area (Å²) in [5, 5.41) is 21.7. The van der Waals surface area contributed by atoms with Crippen molar-refractivity contribution in [2.24, 2.45) is 0 Å². The standard InChI is InChI=1S/C24H38O4.C15H13NO/c1-3-5-7-9-11-13-15-19-17-18-21(23(25)26)22(24(27)28)20(19)16-14-12-10-8-6-4-2;1-2-5-9-8-11-10-6-3-4-7-12(10)16-13(11)15-14(9)17-15/h17-18H,3-16H2,1-2H3,(H,25,26)(H,27,28);3-4,6-8,16H,2,5H2,1H3. The molecule has 0 amide bonds. The van der Waals surface area contributed by atoms with Gasteiger partial charge in [-0.15, -0.1) is 0 Å². The Morgan fingerprint density at radius 2 is 1.29 bits per heavy atom. The fraction of sp³-hybridized carbons (Fsp3) is 0.487. The first-order valence-electron chi connectivity index (χ1n) is 17.3. The summed E-state index contributed by atoms with van der Waals surface area (Å²) in [7, 11) is 0. The van der Waals surface area contributed by atoms with Crippen LogP contribution >= 0.6 is 0 Å². The molecule has 2 heterocycles. The second-order valence-electron chi connectivity index (χ2n) is 12.4. The molecule has 1 aliphatic rings. The fourth-order valence-electron chi connectivity index (χ4n) is 6.45. The number of aryl methyl sites for hydroxylation is 2. The first-order chi connectivity index (χ1) is 21.9. The van der Waals surface area contributed by atoms with Crippen LogP contribution in [0.2, 0.25) is 0 Å². The average molecular weight is 614 g/mol. The summed E-state index contributed by atoms with van der Waals surface area (Å²) < 4.78 is 5.63. The number of nitrogens with one attached hydrogen (secondary N) is 1. The topological polar surface area (TPSA) is 103 Å². The molecule has 3 N–H and O–H groups in total. The Labute approximate surface area is 268 Å². The maximum Gasteiger partial charge on any atom is 0.336 e. The van der Waals surface area contributed by atoms with E-state index in [1.807, 2.05) is 6.07 Å². The highest BCUT2D eigenvalue weighted by Crippen LogP contribution is 2.54. The minimum atomic E-state index is -1.16. The summed E-state index contributed by atoms with van der Waals surface area (Å²) in [5.41, 5.74) is 5.38. The highest BCUT2D eigenvalue weighted by molar-refractivity contribution is 6.11. The van der Waals surface area contributed by atoms with E-state index in [4.69, 9.17) is 4.74 Å². The van der Waals surface area contributed by atoms with Crippen LogP contribution in [-0.4, -0.2) is 27.1 Å². The zero-order valence-corrected chi connectivity index (χ0v) is 27.5. The van der Waals surface area contributed by atoms with Gasteiger partial charge in [0.2, 0.25) is 0 Å². The van der Waals surface area contributed by atoms with Crippen LogP contribution in [0.5, 0.6) is 11.5 Å². The van der Waals surface area contributed by atoms with E-state index in [0.29, 0.717) is 6.42 Å². The van der Waals surface area contributed by atoms with E-state index in [-0.39, 0.29) is 11.1 Å². The molecule has 4 aromatic rings. The van der Waals surface area contributed by atoms with Gasteiger partial charge in [-0.3, -0.25) is 0 Å². The third kappa shape index (κ3) is 8.90. The Hall–Kier alpha value is -3.80. The van der Waals surface area contributed by atoms with Crippen molar-refractivity contribution in [3.8, 4) is 11.5 Å².